The fourth-order valence-corrected chi connectivity index (χ4v) is 6.98. The molecular formula is C33H30Br2N2O6S. The van der Waals surface area contributed by atoms with E-state index < -0.39 is 12.0 Å². The highest BCUT2D eigenvalue weighted by molar-refractivity contribution is 9.10. The second kappa shape index (κ2) is 14.0. The number of fused-ring (bicyclic) bond motifs is 1. The number of hydrogen-bond acceptors (Lipinski definition) is 8. The summed E-state index contributed by atoms with van der Waals surface area (Å²) in [4.78, 5) is 32.5. The lowest BCUT2D eigenvalue weighted by Crippen LogP contribution is -2.40. The summed E-state index contributed by atoms with van der Waals surface area (Å²) in [5.41, 5.74) is 2.97. The van der Waals surface area contributed by atoms with Gasteiger partial charge in [-0.15, -0.1) is 0 Å². The van der Waals surface area contributed by atoms with Gasteiger partial charge in [0, 0.05) is 4.47 Å². The number of allylic oxidation sites excluding steroid dienone is 1. The Bertz CT molecular complexity index is 1920. The number of benzene rings is 3. The minimum Gasteiger partial charge on any atom is -0.493 e. The highest BCUT2D eigenvalue weighted by Gasteiger charge is 2.35. The molecule has 44 heavy (non-hydrogen) atoms. The number of methoxy groups -OCH3 is 1. The van der Waals surface area contributed by atoms with Crippen molar-refractivity contribution in [1.29, 1.82) is 0 Å². The van der Waals surface area contributed by atoms with Crippen LogP contribution >= 0.6 is 43.2 Å². The minimum absolute atomic E-state index is 0.181. The van der Waals surface area contributed by atoms with E-state index in [1.807, 2.05) is 61.5 Å². The topological polar surface area (TPSA) is 88.4 Å². The van der Waals surface area contributed by atoms with Gasteiger partial charge in [-0.3, -0.25) is 9.36 Å². The van der Waals surface area contributed by atoms with E-state index in [9.17, 15) is 9.59 Å². The van der Waals surface area contributed by atoms with Gasteiger partial charge in [-0.25, -0.2) is 9.79 Å². The largest absolute Gasteiger partial charge is 0.493 e. The minimum atomic E-state index is -0.813. The number of thiazole rings is 1. The van der Waals surface area contributed by atoms with E-state index in [4.69, 9.17) is 18.9 Å². The summed E-state index contributed by atoms with van der Waals surface area (Å²) in [5, 5.41) is 0. The van der Waals surface area contributed by atoms with Gasteiger partial charge in [-0.1, -0.05) is 63.7 Å². The second-order valence-electron chi connectivity index (χ2n) is 9.72. The van der Waals surface area contributed by atoms with Crippen LogP contribution in [0.25, 0.3) is 6.08 Å². The van der Waals surface area contributed by atoms with Gasteiger partial charge in [0.2, 0.25) is 0 Å². The maximum absolute atomic E-state index is 14.1. The van der Waals surface area contributed by atoms with Crippen molar-refractivity contribution in [3.8, 4) is 17.2 Å². The number of halogens is 2. The molecule has 1 aromatic heterocycles. The number of ether oxygens (including phenoxy) is 4. The first-order valence-corrected chi connectivity index (χ1v) is 16.3. The smallest absolute Gasteiger partial charge is 0.338 e. The summed E-state index contributed by atoms with van der Waals surface area (Å²) >= 11 is 8.51. The van der Waals surface area contributed by atoms with Gasteiger partial charge in [0.1, 0.15) is 12.4 Å². The van der Waals surface area contributed by atoms with Crippen LogP contribution in [0, 0.1) is 0 Å². The monoisotopic (exact) mass is 740 g/mol. The Kier molecular flexibility index (Phi) is 10.1. The highest BCUT2D eigenvalue weighted by Crippen LogP contribution is 2.41. The first kappa shape index (κ1) is 31.7. The molecule has 0 fully saturated rings. The van der Waals surface area contributed by atoms with Gasteiger partial charge in [0.25, 0.3) is 5.56 Å². The van der Waals surface area contributed by atoms with Crippen LogP contribution < -0.4 is 29.1 Å². The molecule has 1 aliphatic heterocycles. The molecule has 0 amide bonds. The Morgan fingerprint density at radius 2 is 1.75 bits per heavy atom. The standard InChI is InChI=1S/C33H30Br2N2O6S/c1-5-41-27-17-23(34)22(16-26(27)40-4)30-29(32(39)42-6-2)19(3)36-33-37(30)31(38)28(44-33)15-21-12-13-25(24(35)14-21)43-18-20-10-8-7-9-11-20/h7-17,30H,5-6,18H2,1-4H3/b28-15+/t30-/m1/s1. The van der Waals surface area contributed by atoms with E-state index in [0.717, 1.165) is 15.6 Å². The maximum atomic E-state index is 14.1. The van der Waals surface area contributed by atoms with Crippen molar-refractivity contribution in [3.63, 3.8) is 0 Å². The number of carbonyl (C=O) groups excluding carboxylic acids is 1. The summed E-state index contributed by atoms with van der Waals surface area (Å²) in [6, 6.07) is 18.3. The molecule has 228 valence electrons. The first-order valence-electron chi connectivity index (χ1n) is 13.9. The lowest BCUT2D eigenvalue weighted by Gasteiger charge is -2.26. The Morgan fingerprint density at radius 3 is 2.43 bits per heavy atom. The van der Waals surface area contributed by atoms with Crippen LogP contribution in [0.15, 0.2) is 90.7 Å². The molecule has 0 saturated heterocycles. The molecule has 2 heterocycles. The molecule has 0 aliphatic carbocycles. The summed E-state index contributed by atoms with van der Waals surface area (Å²) in [5.74, 6) is 1.17. The molecule has 0 radical (unpaired) electrons. The SMILES string of the molecule is CCOC(=O)C1=C(C)N=c2s/c(=C/c3ccc(OCc4ccccc4)c(Br)c3)c(=O)n2[C@@H]1c1cc(OC)c(OCC)cc1Br. The second-order valence-corrected chi connectivity index (χ2v) is 12.4. The molecule has 5 rings (SSSR count). The molecule has 0 N–H and O–H groups in total. The summed E-state index contributed by atoms with van der Waals surface area (Å²) < 4.78 is 26.2. The summed E-state index contributed by atoms with van der Waals surface area (Å²) in [7, 11) is 1.55. The van der Waals surface area contributed by atoms with Crippen molar-refractivity contribution in [2.24, 2.45) is 4.99 Å². The molecule has 0 unspecified atom stereocenters. The van der Waals surface area contributed by atoms with Gasteiger partial charge in [-0.2, -0.15) is 0 Å². The van der Waals surface area contributed by atoms with E-state index in [2.05, 4.69) is 36.9 Å². The van der Waals surface area contributed by atoms with E-state index in [0.29, 0.717) is 55.5 Å². The molecule has 1 atom stereocenters. The predicted molar refractivity (Wildman–Crippen MR) is 177 cm³/mol. The van der Waals surface area contributed by atoms with Crippen molar-refractivity contribution in [2.75, 3.05) is 20.3 Å². The summed E-state index contributed by atoms with van der Waals surface area (Å²) in [6.45, 7) is 6.44. The zero-order chi connectivity index (χ0) is 31.4. The van der Waals surface area contributed by atoms with E-state index in [1.165, 1.54) is 11.3 Å². The predicted octanol–water partition coefficient (Wildman–Crippen LogP) is 6.31. The zero-order valence-electron chi connectivity index (χ0n) is 24.6. The quantitative estimate of drug-likeness (QED) is 0.177. The van der Waals surface area contributed by atoms with E-state index in [1.54, 1.807) is 37.7 Å². The van der Waals surface area contributed by atoms with Crippen molar-refractivity contribution in [2.45, 2.75) is 33.4 Å². The van der Waals surface area contributed by atoms with Gasteiger partial charge < -0.3 is 18.9 Å². The van der Waals surface area contributed by atoms with Gasteiger partial charge in [0.15, 0.2) is 16.3 Å². The third kappa shape index (κ3) is 6.55. The normalized spacial score (nSPS) is 14.6. The van der Waals surface area contributed by atoms with Crippen LogP contribution in [0.2, 0.25) is 0 Å². The van der Waals surface area contributed by atoms with Crippen LogP contribution in [-0.2, 0) is 16.1 Å². The van der Waals surface area contributed by atoms with Crippen molar-refractivity contribution in [3.05, 3.63) is 117 Å². The number of hydrogen-bond donors (Lipinski definition) is 0. The molecule has 0 spiro atoms. The van der Waals surface area contributed by atoms with Crippen LogP contribution in [0.5, 0.6) is 17.2 Å². The number of aromatic nitrogens is 1. The van der Waals surface area contributed by atoms with Gasteiger partial charge in [0.05, 0.1) is 46.6 Å². The van der Waals surface area contributed by atoms with Gasteiger partial charge >= 0.3 is 5.97 Å². The average molecular weight is 742 g/mol. The Morgan fingerprint density at radius 1 is 0.977 bits per heavy atom. The molecule has 3 aromatic carbocycles. The molecule has 4 aromatic rings. The number of esters is 1. The van der Waals surface area contributed by atoms with Crippen LogP contribution in [-0.4, -0.2) is 30.9 Å². The van der Waals surface area contributed by atoms with E-state index >= 15 is 0 Å². The van der Waals surface area contributed by atoms with Crippen LogP contribution in [0.4, 0.5) is 0 Å². The lowest BCUT2D eigenvalue weighted by atomic mass is 9.95. The molecule has 0 bridgehead atoms. The summed E-state index contributed by atoms with van der Waals surface area (Å²) in [6.07, 6.45) is 1.81. The third-order valence-electron chi connectivity index (χ3n) is 6.89. The van der Waals surface area contributed by atoms with E-state index in [-0.39, 0.29) is 17.7 Å². The molecule has 0 saturated carbocycles. The van der Waals surface area contributed by atoms with Gasteiger partial charge in [-0.05, 0) is 83.7 Å². The molecular weight excluding hydrogens is 712 g/mol. The molecule has 1 aliphatic rings. The highest BCUT2D eigenvalue weighted by atomic mass is 79.9. The molecule has 8 nitrogen and oxygen atoms in total. The van der Waals surface area contributed by atoms with Crippen LogP contribution in [0.1, 0.15) is 43.5 Å². The number of carbonyl (C=O) groups is 1. The molecule has 11 heteroatoms. The maximum Gasteiger partial charge on any atom is 0.338 e. The van der Waals surface area contributed by atoms with Crippen molar-refractivity contribution >= 4 is 55.2 Å². The fraction of sp³-hybridized carbons (Fsp3) is 0.242. The third-order valence-corrected chi connectivity index (χ3v) is 9.17. The zero-order valence-corrected chi connectivity index (χ0v) is 28.5. The fourth-order valence-electron chi connectivity index (χ4n) is 4.88. The Labute approximate surface area is 275 Å². The Hall–Kier alpha value is -3.67. The average Bonchev–Trinajstić information content (AvgIpc) is 3.31. The number of nitrogens with zero attached hydrogens (tertiary/aromatic N) is 2. The van der Waals surface area contributed by atoms with Crippen molar-refractivity contribution < 1.29 is 23.7 Å². The number of rotatable bonds is 10. The Balaban J connectivity index is 1.59. The lowest BCUT2D eigenvalue weighted by molar-refractivity contribution is -0.139. The van der Waals surface area contributed by atoms with Crippen LogP contribution in [0.3, 0.4) is 0 Å². The first-order chi connectivity index (χ1) is 21.2. The van der Waals surface area contributed by atoms with Crippen molar-refractivity contribution in [1.82, 2.24) is 4.57 Å².